The Kier molecular flexibility index (Phi) is 6.28. The highest BCUT2D eigenvalue weighted by atomic mass is 16.5. The largest absolute Gasteiger partial charge is 0.396 e. The smallest absolute Gasteiger partial charge is 0.0589 e. The van der Waals surface area contributed by atoms with Crippen molar-refractivity contribution in [3.8, 4) is 0 Å². The van der Waals surface area contributed by atoms with Crippen LogP contribution in [0.15, 0.2) is 0 Å². The fraction of sp³-hybridized carbons (Fsp3) is 1.00. The number of nitrogens with zero attached hydrogens (tertiary/aromatic N) is 1. The van der Waals surface area contributed by atoms with Crippen molar-refractivity contribution in [2.75, 3.05) is 33.4 Å². The topological polar surface area (TPSA) is 58.7 Å². The number of hydrogen-bond acceptors (Lipinski definition) is 4. The van der Waals surface area contributed by atoms with Crippen LogP contribution in [0.4, 0.5) is 0 Å². The van der Waals surface area contributed by atoms with Gasteiger partial charge in [-0.25, -0.2) is 0 Å². The van der Waals surface area contributed by atoms with E-state index < -0.39 is 0 Å². The summed E-state index contributed by atoms with van der Waals surface area (Å²) in [6.45, 7) is 5.01. The molecule has 1 rings (SSSR count). The van der Waals surface area contributed by atoms with Crippen molar-refractivity contribution >= 4 is 0 Å². The van der Waals surface area contributed by atoms with E-state index in [2.05, 4.69) is 11.8 Å². The van der Waals surface area contributed by atoms with Gasteiger partial charge in [-0.15, -0.1) is 0 Å². The molecule has 0 bridgehead atoms. The predicted octanol–water partition coefficient (Wildman–Crippen LogP) is 0.443. The third kappa shape index (κ3) is 4.78. The maximum Gasteiger partial charge on any atom is 0.0589 e. The molecule has 96 valence electrons. The molecule has 2 atom stereocenters. The molecular formula is C12H26N2O2. The third-order valence-electron chi connectivity index (χ3n) is 3.43. The van der Waals surface area contributed by atoms with E-state index in [-0.39, 0.29) is 12.6 Å². The van der Waals surface area contributed by atoms with Crippen LogP contribution in [0.25, 0.3) is 0 Å². The highest BCUT2D eigenvalue weighted by molar-refractivity contribution is 4.86. The van der Waals surface area contributed by atoms with Crippen LogP contribution in [0.5, 0.6) is 0 Å². The minimum Gasteiger partial charge on any atom is -0.396 e. The van der Waals surface area contributed by atoms with Crippen LogP contribution in [-0.4, -0.2) is 55.5 Å². The number of rotatable bonds is 9. The van der Waals surface area contributed by atoms with Gasteiger partial charge >= 0.3 is 0 Å². The van der Waals surface area contributed by atoms with Crippen LogP contribution in [-0.2, 0) is 4.74 Å². The summed E-state index contributed by atoms with van der Waals surface area (Å²) in [4.78, 5) is 2.40. The highest BCUT2D eigenvalue weighted by Gasteiger charge is 2.32. The molecule has 1 saturated carbocycles. The monoisotopic (exact) mass is 230 g/mol. The third-order valence-corrected chi connectivity index (χ3v) is 3.43. The molecule has 4 heteroatoms. The molecule has 0 saturated heterocycles. The van der Waals surface area contributed by atoms with Crippen LogP contribution < -0.4 is 5.73 Å². The van der Waals surface area contributed by atoms with Crippen molar-refractivity contribution in [2.45, 2.75) is 38.3 Å². The second-order valence-corrected chi connectivity index (χ2v) is 4.84. The summed E-state index contributed by atoms with van der Waals surface area (Å²) >= 11 is 0. The second-order valence-electron chi connectivity index (χ2n) is 4.84. The van der Waals surface area contributed by atoms with Gasteiger partial charge in [-0.1, -0.05) is 0 Å². The van der Waals surface area contributed by atoms with E-state index in [0.717, 1.165) is 25.6 Å². The lowest BCUT2D eigenvalue weighted by Gasteiger charge is -2.31. The van der Waals surface area contributed by atoms with E-state index >= 15 is 0 Å². The zero-order chi connectivity index (χ0) is 12.0. The summed E-state index contributed by atoms with van der Waals surface area (Å²) in [6.07, 6.45) is 3.38. The minimum absolute atomic E-state index is 0.0723. The van der Waals surface area contributed by atoms with Gasteiger partial charge in [0.2, 0.25) is 0 Å². The Morgan fingerprint density at radius 1 is 1.50 bits per heavy atom. The van der Waals surface area contributed by atoms with E-state index in [1.54, 1.807) is 7.11 Å². The summed E-state index contributed by atoms with van der Waals surface area (Å²) in [5.41, 5.74) is 5.97. The first-order valence-electron chi connectivity index (χ1n) is 6.28. The lowest BCUT2D eigenvalue weighted by atomic mass is 10.1. The molecular weight excluding hydrogens is 204 g/mol. The van der Waals surface area contributed by atoms with E-state index in [0.29, 0.717) is 12.5 Å². The number of ether oxygens (including phenoxy) is 1. The fourth-order valence-corrected chi connectivity index (χ4v) is 2.10. The maximum absolute atomic E-state index is 8.86. The van der Waals surface area contributed by atoms with Crippen molar-refractivity contribution in [1.29, 1.82) is 0 Å². The van der Waals surface area contributed by atoms with Crippen molar-refractivity contribution in [1.82, 2.24) is 4.90 Å². The molecule has 0 spiro atoms. The summed E-state index contributed by atoms with van der Waals surface area (Å²) in [6, 6.07) is 0.669. The molecule has 1 fully saturated rings. The van der Waals surface area contributed by atoms with Crippen molar-refractivity contribution in [2.24, 2.45) is 11.7 Å². The fourth-order valence-electron chi connectivity index (χ4n) is 2.10. The lowest BCUT2D eigenvalue weighted by Crippen LogP contribution is -2.45. The molecule has 0 radical (unpaired) electrons. The van der Waals surface area contributed by atoms with E-state index in [4.69, 9.17) is 15.6 Å². The Bertz CT molecular complexity index is 186. The minimum atomic E-state index is 0.0723. The standard InChI is InChI=1S/C12H26N2O2/c1-10(11-3-4-11)14(6-8-16-2)9-12(13)5-7-15/h10-12,15H,3-9,13H2,1-2H3. The molecule has 0 aromatic carbocycles. The van der Waals surface area contributed by atoms with Gasteiger partial charge in [-0.3, -0.25) is 4.90 Å². The summed E-state index contributed by atoms with van der Waals surface area (Å²) in [7, 11) is 1.73. The van der Waals surface area contributed by atoms with Crippen molar-refractivity contribution in [3.05, 3.63) is 0 Å². The second kappa shape index (κ2) is 7.22. The molecule has 16 heavy (non-hydrogen) atoms. The van der Waals surface area contributed by atoms with Crippen LogP contribution in [0.1, 0.15) is 26.2 Å². The van der Waals surface area contributed by atoms with Gasteiger partial charge in [-0.05, 0) is 32.1 Å². The first-order chi connectivity index (χ1) is 7.69. The van der Waals surface area contributed by atoms with E-state index in [1.807, 2.05) is 0 Å². The Morgan fingerprint density at radius 2 is 2.19 bits per heavy atom. The predicted molar refractivity (Wildman–Crippen MR) is 65.3 cm³/mol. The van der Waals surface area contributed by atoms with Gasteiger partial charge in [0.05, 0.1) is 6.61 Å². The zero-order valence-electron chi connectivity index (χ0n) is 10.6. The molecule has 0 aromatic heterocycles. The molecule has 0 aromatic rings. The van der Waals surface area contributed by atoms with Crippen molar-refractivity contribution in [3.63, 3.8) is 0 Å². The van der Waals surface area contributed by atoms with E-state index in [9.17, 15) is 0 Å². The Labute approximate surface area is 98.8 Å². The molecule has 0 heterocycles. The van der Waals surface area contributed by atoms with Gasteiger partial charge < -0.3 is 15.6 Å². The highest BCUT2D eigenvalue weighted by Crippen LogP contribution is 2.35. The molecule has 1 aliphatic rings. The van der Waals surface area contributed by atoms with Crippen LogP contribution in [0, 0.1) is 5.92 Å². The van der Waals surface area contributed by atoms with Crippen LogP contribution in [0.2, 0.25) is 0 Å². The number of aliphatic hydroxyl groups is 1. The Hall–Kier alpha value is -0.160. The number of methoxy groups -OCH3 is 1. The first kappa shape index (κ1) is 13.9. The first-order valence-corrected chi connectivity index (χ1v) is 6.28. The maximum atomic E-state index is 8.86. The molecule has 0 aliphatic heterocycles. The van der Waals surface area contributed by atoms with E-state index in [1.165, 1.54) is 12.8 Å². The Morgan fingerprint density at radius 3 is 2.69 bits per heavy atom. The quantitative estimate of drug-likeness (QED) is 0.603. The van der Waals surface area contributed by atoms with Gasteiger partial charge in [-0.2, -0.15) is 0 Å². The van der Waals surface area contributed by atoms with Crippen molar-refractivity contribution < 1.29 is 9.84 Å². The number of hydrogen-bond donors (Lipinski definition) is 2. The summed E-state index contributed by atoms with van der Waals surface area (Å²) in [5, 5.41) is 8.86. The van der Waals surface area contributed by atoms with Gasteiger partial charge in [0.15, 0.2) is 0 Å². The molecule has 0 amide bonds. The molecule has 1 aliphatic carbocycles. The van der Waals surface area contributed by atoms with Gasteiger partial charge in [0, 0.05) is 38.9 Å². The summed E-state index contributed by atoms with van der Waals surface area (Å²) in [5.74, 6) is 0.846. The SMILES string of the molecule is COCCN(CC(N)CCO)C(C)C1CC1. The van der Waals surface area contributed by atoms with Crippen LogP contribution in [0.3, 0.4) is 0 Å². The zero-order valence-corrected chi connectivity index (χ0v) is 10.6. The normalized spacial score (nSPS) is 20.1. The van der Waals surface area contributed by atoms with Gasteiger partial charge in [0.1, 0.15) is 0 Å². The summed E-state index contributed by atoms with van der Waals surface area (Å²) < 4.78 is 5.13. The number of nitrogens with two attached hydrogens (primary N) is 1. The molecule has 4 nitrogen and oxygen atoms in total. The average Bonchev–Trinajstić information content (AvgIpc) is 3.07. The Balaban J connectivity index is 2.35. The molecule has 3 N–H and O–H groups in total. The number of aliphatic hydroxyl groups excluding tert-OH is 1. The van der Waals surface area contributed by atoms with Crippen LogP contribution >= 0.6 is 0 Å². The molecule has 2 unspecified atom stereocenters. The lowest BCUT2D eigenvalue weighted by molar-refractivity contribution is 0.108. The average molecular weight is 230 g/mol. The van der Waals surface area contributed by atoms with Gasteiger partial charge in [0.25, 0.3) is 0 Å².